The Kier molecular flexibility index (Phi) is 4.84. The minimum Gasteiger partial charge on any atom is -0.472 e. The van der Waals surface area contributed by atoms with Crippen molar-refractivity contribution in [2.75, 3.05) is 13.2 Å². The van der Waals surface area contributed by atoms with Crippen molar-refractivity contribution in [1.82, 2.24) is 0 Å². The average molecular weight is 372 g/mol. The van der Waals surface area contributed by atoms with Crippen molar-refractivity contribution < 1.29 is 28.6 Å². The van der Waals surface area contributed by atoms with Gasteiger partial charge in [-0.15, -0.1) is 0 Å². The molecule has 0 unspecified atom stereocenters. The van der Waals surface area contributed by atoms with Crippen molar-refractivity contribution in [2.24, 2.45) is 5.92 Å². The van der Waals surface area contributed by atoms with Crippen LogP contribution in [0.1, 0.15) is 47.3 Å². The van der Waals surface area contributed by atoms with Crippen LogP contribution in [-0.2, 0) is 19.1 Å². The first-order chi connectivity index (χ1) is 12.8. The molecular weight excluding hydrogens is 348 g/mol. The first-order valence-electron chi connectivity index (χ1n) is 9.18. The maximum absolute atomic E-state index is 13.6. The Bertz CT molecular complexity index is 866. The van der Waals surface area contributed by atoms with E-state index in [0.717, 1.165) is 16.7 Å². The molecule has 0 saturated heterocycles. The highest BCUT2D eigenvalue weighted by Gasteiger charge is 2.64. The molecule has 2 atom stereocenters. The van der Waals surface area contributed by atoms with E-state index in [4.69, 9.17) is 14.2 Å². The summed E-state index contributed by atoms with van der Waals surface area (Å²) in [6.07, 6.45) is 1.75. The Morgan fingerprint density at radius 3 is 2.44 bits per heavy atom. The number of aryl methyl sites for hydroxylation is 2. The summed E-state index contributed by atoms with van der Waals surface area (Å²) in [5.41, 5.74) is 1.34. The lowest BCUT2D eigenvalue weighted by Crippen LogP contribution is -2.51. The molecule has 0 amide bonds. The van der Waals surface area contributed by atoms with E-state index in [1.165, 1.54) is 0 Å². The number of allylic oxidation sites excluding steroid dienone is 1. The number of esters is 2. The van der Waals surface area contributed by atoms with E-state index in [9.17, 15) is 14.4 Å². The van der Waals surface area contributed by atoms with Gasteiger partial charge in [0.25, 0.3) is 0 Å². The molecule has 1 aromatic carbocycles. The smallest absolute Gasteiger partial charge is 0.338 e. The number of carbonyl (C=O) groups excluding carboxylic acids is 3. The predicted octanol–water partition coefficient (Wildman–Crippen LogP) is 3.00. The lowest BCUT2D eigenvalue weighted by Gasteiger charge is -2.30. The highest BCUT2D eigenvalue weighted by Crippen LogP contribution is 2.51. The van der Waals surface area contributed by atoms with Gasteiger partial charge >= 0.3 is 11.9 Å². The lowest BCUT2D eigenvalue weighted by molar-refractivity contribution is -0.152. The van der Waals surface area contributed by atoms with Crippen molar-refractivity contribution in [3.8, 4) is 5.75 Å². The zero-order valence-electron chi connectivity index (χ0n) is 16.3. The van der Waals surface area contributed by atoms with Crippen LogP contribution in [-0.4, -0.2) is 36.5 Å². The van der Waals surface area contributed by atoms with Crippen molar-refractivity contribution in [3.63, 3.8) is 0 Å². The second-order valence-electron chi connectivity index (χ2n) is 6.88. The summed E-state index contributed by atoms with van der Waals surface area (Å²) < 4.78 is 16.5. The zero-order valence-corrected chi connectivity index (χ0v) is 16.3. The van der Waals surface area contributed by atoms with Gasteiger partial charge in [0.15, 0.2) is 0 Å². The van der Waals surface area contributed by atoms with Crippen LogP contribution in [0.4, 0.5) is 0 Å². The van der Waals surface area contributed by atoms with E-state index in [1.54, 1.807) is 19.9 Å². The van der Waals surface area contributed by atoms with Gasteiger partial charge in [-0.25, -0.2) is 4.79 Å². The van der Waals surface area contributed by atoms with Crippen LogP contribution in [0.15, 0.2) is 17.7 Å². The van der Waals surface area contributed by atoms with Crippen LogP contribution in [0, 0.1) is 26.7 Å². The highest BCUT2D eigenvalue weighted by molar-refractivity contribution is 6.18. The summed E-state index contributed by atoms with van der Waals surface area (Å²) in [7, 11) is 0. The van der Waals surface area contributed by atoms with Crippen LogP contribution in [0.3, 0.4) is 0 Å². The largest absolute Gasteiger partial charge is 0.472 e. The molecule has 6 heteroatoms. The van der Waals surface area contributed by atoms with Crippen molar-refractivity contribution in [2.45, 2.75) is 46.6 Å². The first-order valence-corrected chi connectivity index (χ1v) is 9.18. The molecule has 27 heavy (non-hydrogen) atoms. The lowest BCUT2D eigenvalue weighted by atomic mass is 9.80. The van der Waals surface area contributed by atoms with Crippen LogP contribution in [0.25, 0.3) is 0 Å². The number of fused-ring (bicyclic) bond motifs is 1. The molecule has 1 aliphatic carbocycles. The Morgan fingerprint density at radius 1 is 1.15 bits per heavy atom. The second kappa shape index (κ2) is 6.83. The fraction of sp³-hybridized carbons (Fsp3) is 0.476. The molecule has 0 N–H and O–H groups in total. The molecule has 0 radical (unpaired) electrons. The van der Waals surface area contributed by atoms with Crippen molar-refractivity contribution >= 4 is 17.7 Å². The van der Waals surface area contributed by atoms with E-state index in [2.05, 4.69) is 0 Å². The molecule has 1 heterocycles. The third kappa shape index (κ3) is 2.66. The molecular formula is C21H24O6. The fourth-order valence-electron chi connectivity index (χ4n) is 3.95. The second-order valence-corrected chi connectivity index (χ2v) is 6.88. The standard InChI is InChI=1S/C21H24O6/c1-6-25-19(23)14-8-9-15(20(24)26-7-2)21(14)18(22)16-12(4)10-11(3)13(5)17(16)27-21/h8,10,15H,6-7,9H2,1-5H3/t15-,21-/m1/s1. The van der Waals surface area contributed by atoms with Gasteiger partial charge < -0.3 is 14.2 Å². The molecule has 0 bridgehead atoms. The molecule has 1 aliphatic heterocycles. The SMILES string of the molecule is CCOC(=O)C1=CC[C@H](C(=O)OCC)[C@]12Oc1c(C)c(C)cc(C)c1C2=O. The number of Topliss-reactive ketones (excluding diaryl/α,β-unsaturated/α-hetero) is 1. The maximum atomic E-state index is 13.6. The Hall–Kier alpha value is -2.63. The van der Waals surface area contributed by atoms with E-state index < -0.39 is 23.5 Å². The van der Waals surface area contributed by atoms with E-state index >= 15 is 0 Å². The van der Waals surface area contributed by atoms with Gasteiger partial charge in [0.05, 0.1) is 24.4 Å². The highest BCUT2D eigenvalue weighted by atomic mass is 16.6. The maximum Gasteiger partial charge on any atom is 0.338 e. The predicted molar refractivity (Wildman–Crippen MR) is 97.8 cm³/mol. The molecule has 1 aromatic rings. The summed E-state index contributed by atoms with van der Waals surface area (Å²) in [4.78, 5) is 38.8. The van der Waals surface area contributed by atoms with Gasteiger partial charge in [-0.2, -0.15) is 0 Å². The minimum absolute atomic E-state index is 0.0834. The molecule has 0 aromatic heterocycles. The summed E-state index contributed by atoms with van der Waals surface area (Å²) in [5, 5.41) is 0. The number of rotatable bonds is 4. The molecule has 0 saturated carbocycles. The molecule has 2 aliphatic rings. The van der Waals surface area contributed by atoms with Gasteiger partial charge in [-0.05, 0) is 57.7 Å². The van der Waals surface area contributed by atoms with Gasteiger partial charge in [0.1, 0.15) is 11.7 Å². The number of benzene rings is 1. The van der Waals surface area contributed by atoms with Crippen LogP contribution >= 0.6 is 0 Å². The number of carbonyl (C=O) groups is 3. The zero-order chi connectivity index (χ0) is 19.9. The molecule has 1 spiro atoms. The molecule has 0 fully saturated rings. The topological polar surface area (TPSA) is 78.9 Å². The fourth-order valence-corrected chi connectivity index (χ4v) is 3.95. The van der Waals surface area contributed by atoms with Crippen LogP contribution in [0.5, 0.6) is 5.75 Å². The monoisotopic (exact) mass is 372 g/mol. The Morgan fingerprint density at radius 2 is 1.81 bits per heavy atom. The number of ketones is 1. The summed E-state index contributed by atoms with van der Waals surface area (Å²) in [5.74, 6) is -2.06. The van der Waals surface area contributed by atoms with Crippen molar-refractivity contribution in [3.05, 3.63) is 40.0 Å². The number of hydrogen-bond acceptors (Lipinski definition) is 6. The Labute approximate surface area is 158 Å². The number of hydrogen-bond donors (Lipinski definition) is 0. The van der Waals surface area contributed by atoms with Gasteiger partial charge in [-0.1, -0.05) is 12.1 Å². The quantitative estimate of drug-likeness (QED) is 0.756. The molecule has 6 nitrogen and oxygen atoms in total. The average Bonchev–Trinajstić information content (AvgIpc) is 3.13. The van der Waals surface area contributed by atoms with Crippen molar-refractivity contribution in [1.29, 1.82) is 0 Å². The minimum atomic E-state index is -1.72. The summed E-state index contributed by atoms with van der Waals surface area (Å²) in [6, 6.07) is 1.91. The van der Waals surface area contributed by atoms with Gasteiger partial charge in [0, 0.05) is 0 Å². The molecule has 144 valence electrons. The number of ether oxygens (including phenoxy) is 3. The van der Waals surface area contributed by atoms with E-state index in [0.29, 0.717) is 11.3 Å². The van der Waals surface area contributed by atoms with E-state index in [1.807, 2.05) is 26.8 Å². The normalized spacial score (nSPS) is 23.1. The first kappa shape index (κ1) is 19.1. The Balaban J connectivity index is 2.18. The van der Waals surface area contributed by atoms with E-state index in [-0.39, 0.29) is 31.0 Å². The van der Waals surface area contributed by atoms with Crippen LogP contribution in [0.2, 0.25) is 0 Å². The molecule has 3 rings (SSSR count). The third-order valence-electron chi connectivity index (χ3n) is 5.33. The third-order valence-corrected chi connectivity index (χ3v) is 5.33. The summed E-state index contributed by atoms with van der Waals surface area (Å²) in [6.45, 7) is 9.35. The van der Waals surface area contributed by atoms with Gasteiger partial charge in [0.2, 0.25) is 11.4 Å². The van der Waals surface area contributed by atoms with Crippen LogP contribution < -0.4 is 4.74 Å². The van der Waals surface area contributed by atoms with Gasteiger partial charge in [-0.3, -0.25) is 9.59 Å². The summed E-state index contributed by atoms with van der Waals surface area (Å²) >= 11 is 0.